The van der Waals surface area contributed by atoms with E-state index in [4.69, 9.17) is 16.0 Å². The Morgan fingerprint density at radius 1 is 1.28 bits per heavy atom. The number of nitrogens with zero attached hydrogens (tertiary/aromatic N) is 3. The van der Waals surface area contributed by atoms with E-state index in [0.29, 0.717) is 16.1 Å². The van der Waals surface area contributed by atoms with Crippen LogP contribution in [0.2, 0.25) is 5.02 Å². The SMILES string of the molecule is CCCn1c(C)cc(C(=O)CSc2nnc(-c3sc4ccccc4c3Cl)o2)c1C. The molecule has 1 aromatic carbocycles. The summed E-state index contributed by atoms with van der Waals surface area (Å²) in [6.07, 6.45) is 1.03. The Kier molecular flexibility index (Phi) is 5.81. The number of fused-ring (bicyclic) bond motifs is 1. The second-order valence-corrected chi connectivity index (χ2v) is 9.12. The zero-order chi connectivity index (χ0) is 20.5. The van der Waals surface area contributed by atoms with Crippen LogP contribution in [0.3, 0.4) is 0 Å². The fourth-order valence-corrected chi connectivity index (χ4v) is 5.45. The molecule has 0 radical (unpaired) electrons. The molecule has 150 valence electrons. The molecule has 0 unspecified atom stereocenters. The molecule has 0 spiro atoms. The molecule has 0 amide bonds. The Hall–Kier alpha value is -2.09. The number of aromatic nitrogens is 3. The van der Waals surface area contributed by atoms with Gasteiger partial charge >= 0.3 is 0 Å². The van der Waals surface area contributed by atoms with Crippen LogP contribution in [-0.4, -0.2) is 26.3 Å². The molecule has 0 aliphatic carbocycles. The first-order chi connectivity index (χ1) is 14.0. The maximum atomic E-state index is 12.7. The Morgan fingerprint density at radius 2 is 2.07 bits per heavy atom. The third-order valence-corrected chi connectivity index (χ3v) is 7.27. The second kappa shape index (κ2) is 8.34. The fourth-order valence-electron chi connectivity index (χ4n) is 3.37. The minimum absolute atomic E-state index is 0.0603. The first kappa shape index (κ1) is 20.2. The van der Waals surface area contributed by atoms with E-state index in [-0.39, 0.29) is 11.5 Å². The summed E-state index contributed by atoms with van der Waals surface area (Å²) in [4.78, 5) is 13.5. The number of thiophene rings is 1. The molecule has 3 aromatic heterocycles. The number of halogens is 1. The molecule has 4 aromatic rings. The van der Waals surface area contributed by atoms with Crippen LogP contribution < -0.4 is 0 Å². The summed E-state index contributed by atoms with van der Waals surface area (Å²) in [7, 11) is 0. The maximum Gasteiger partial charge on any atom is 0.277 e. The van der Waals surface area contributed by atoms with Crippen molar-refractivity contribution < 1.29 is 9.21 Å². The van der Waals surface area contributed by atoms with Crippen LogP contribution in [0.5, 0.6) is 0 Å². The summed E-state index contributed by atoms with van der Waals surface area (Å²) in [5.41, 5.74) is 2.88. The molecule has 5 nitrogen and oxygen atoms in total. The molecule has 3 heterocycles. The average molecular weight is 446 g/mol. The number of carbonyl (C=O) groups is 1. The molecule has 0 saturated heterocycles. The van der Waals surface area contributed by atoms with Crippen molar-refractivity contribution in [1.82, 2.24) is 14.8 Å². The van der Waals surface area contributed by atoms with Crippen molar-refractivity contribution in [3.8, 4) is 10.8 Å². The van der Waals surface area contributed by atoms with E-state index in [9.17, 15) is 4.79 Å². The van der Waals surface area contributed by atoms with Gasteiger partial charge in [0.25, 0.3) is 11.1 Å². The van der Waals surface area contributed by atoms with Gasteiger partial charge in [-0.15, -0.1) is 21.5 Å². The van der Waals surface area contributed by atoms with Gasteiger partial charge in [-0.2, -0.15) is 0 Å². The first-order valence-electron chi connectivity index (χ1n) is 9.33. The number of Topliss-reactive ketones (excluding diaryl/α,β-unsaturated/α-hetero) is 1. The number of aryl methyl sites for hydroxylation is 1. The van der Waals surface area contributed by atoms with E-state index in [1.165, 1.54) is 23.1 Å². The second-order valence-electron chi connectivity index (χ2n) is 6.76. The molecule has 0 bridgehead atoms. The minimum Gasteiger partial charge on any atom is -0.410 e. The lowest BCUT2D eigenvalue weighted by Gasteiger charge is -2.07. The number of hydrogen-bond donors (Lipinski definition) is 0. The Bertz CT molecular complexity index is 1190. The highest BCUT2D eigenvalue weighted by atomic mass is 35.5. The van der Waals surface area contributed by atoms with Crippen molar-refractivity contribution in [1.29, 1.82) is 0 Å². The lowest BCUT2D eigenvalue weighted by molar-refractivity contribution is 0.102. The lowest BCUT2D eigenvalue weighted by atomic mass is 10.2. The third-order valence-electron chi connectivity index (χ3n) is 4.78. The number of carbonyl (C=O) groups excluding carboxylic acids is 1. The normalized spacial score (nSPS) is 11.4. The highest BCUT2D eigenvalue weighted by Gasteiger charge is 2.20. The Labute approximate surface area is 182 Å². The number of thioether (sulfide) groups is 1. The Balaban J connectivity index is 1.49. The monoisotopic (exact) mass is 445 g/mol. The quantitative estimate of drug-likeness (QED) is 0.243. The Morgan fingerprint density at radius 3 is 2.83 bits per heavy atom. The predicted octanol–water partition coefficient (Wildman–Crippen LogP) is 6.41. The summed E-state index contributed by atoms with van der Waals surface area (Å²) < 4.78 is 9.03. The summed E-state index contributed by atoms with van der Waals surface area (Å²) in [6, 6.07) is 9.86. The molecule has 0 N–H and O–H groups in total. The fraction of sp³-hybridized carbons (Fsp3) is 0.286. The van der Waals surface area contributed by atoms with Gasteiger partial charge < -0.3 is 8.98 Å². The van der Waals surface area contributed by atoms with Gasteiger partial charge in [0.05, 0.1) is 10.8 Å². The van der Waals surface area contributed by atoms with Gasteiger partial charge in [0.2, 0.25) is 0 Å². The molecule has 0 atom stereocenters. The third kappa shape index (κ3) is 3.86. The van der Waals surface area contributed by atoms with Gasteiger partial charge in [-0.25, -0.2) is 0 Å². The van der Waals surface area contributed by atoms with Gasteiger partial charge in [-0.3, -0.25) is 4.79 Å². The smallest absolute Gasteiger partial charge is 0.277 e. The number of rotatable bonds is 7. The van der Waals surface area contributed by atoms with Crippen LogP contribution in [0.25, 0.3) is 20.9 Å². The lowest BCUT2D eigenvalue weighted by Crippen LogP contribution is -2.06. The van der Waals surface area contributed by atoms with E-state index in [1.807, 2.05) is 44.2 Å². The highest BCUT2D eigenvalue weighted by Crippen LogP contribution is 2.41. The molecule has 0 saturated carbocycles. The summed E-state index contributed by atoms with van der Waals surface area (Å²) in [5, 5.41) is 10.2. The minimum atomic E-state index is 0.0603. The number of ketones is 1. The van der Waals surface area contributed by atoms with Gasteiger partial charge in [-0.05, 0) is 32.4 Å². The van der Waals surface area contributed by atoms with Crippen LogP contribution >= 0.6 is 34.7 Å². The van der Waals surface area contributed by atoms with Crippen LogP contribution in [0.1, 0.15) is 35.1 Å². The van der Waals surface area contributed by atoms with Crippen LogP contribution in [0.15, 0.2) is 40.0 Å². The van der Waals surface area contributed by atoms with E-state index in [1.54, 1.807) is 0 Å². The van der Waals surface area contributed by atoms with E-state index < -0.39 is 0 Å². The zero-order valence-corrected chi connectivity index (χ0v) is 18.7. The number of benzene rings is 1. The standard InChI is InChI=1S/C21H20ClN3O2S2/c1-4-9-25-12(2)10-15(13(25)3)16(26)11-28-21-24-23-20(27-21)19-18(22)14-7-5-6-8-17(14)29-19/h5-8,10H,4,9,11H2,1-3H3. The summed E-state index contributed by atoms with van der Waals surface area (Å²) >= 11 is 9.25. The molecular weight excluding hydrogens is 426 g/mol. The molecule has 0 aliphatic heterocycles. The maximum absolute atomic E-state index is 12.7. The van der Waals surface area contributed by atoms with Gasteiger partial charge in [-0.1, -0.05) is 48.5 Å². The van der Waals surface area contributed by atoms with E-state index >= 15 is 0 Å². The molecule has 0 fully saturated rings. The van der Waals surface area contributed by atoms with Crippen molar-refractivity contribution >= 4 is 50.6 Å². The van der Waals surface area contributed by atoms with E-state index in [0.717, 1.165) is 44.9 Å². The highest BCUT2D eigenvalue weighted by molar-refractivity contribution is 7.99. The van der Waals surface area contributed by atoms with Crippen LogP contribution in [0.4, 0.5) is 0 Å². The molecule has 29 heavy (non-hydrogen) atoms. The van der Waals surface area contributed by atoms with Crippen LogP contribution in [-0.2, 0) is 6.54 Å². The predicted molar refractivity (Wildman–Crippen MR) is 119 cm³/mol. The van der Waals surface area contributed by atoms with Gasteiger partial charge in [0.1, 0.15) is 4.88 Å². The van der Waals surface area contributed by atoms with Gasteiger partial charge in [0.15, 0.2) is 5.78 Å². The topological polar surface area (TPSA) is 60.9 Å². The molecular formula is C21H20ClN3O2S2. The molecule has 0 aliphatic rings. The van der Waals surface area contributed by atoms with Crippen molar-refractivity contribution in [2.75, 3.05) is 5.75 Å². The van der Waals surface area contributed by atoms with Crippen molar-refractivity contribution in [3.05, 3.63) is 52.3 Å². The zero-order valence-electron chi connectivity index (χ0n) is 16.4. The largest absolute Gasteiger partial charge is 0.410 e. The number of hydrogen-bond acceptors (Lipinski definition) is 6. The van der Waals surface area contributed by atoms with Crippen LogP contribution in [0, 0.1) is 13.8 Å². The average Bonchev–Trinajstić information content (AvgIpc) is 3.39. The van der Waals surface area contributed by atoms with Crippen molar-refractivity contribution in [2.45, 2.75) is 39.0 Å². The first-order valence-corrected chi connectivity index (χ1v) is 11.5. The van der Waals surface area contributed by atoms with E-state index in [2.05, 4.69) is 21.7 Å². The van der Waals surface area contributed by atoms with Crippen molar-refractivity contribution in [2.24, 2.45) is 0 Å². The molecule has 8 heteroatoms. The van der Waals surface area contributed by atoms with Crippen molar-refractivity contribution in [3.63, 3.8) is 0 Å². The molecule has 4 rings (SSSR count). The summed E-state index contributed by atoms with van der Waals surface area (Å²) in [6.45, 7) is 7.08. The van der Waals surface area contributed by atoms with Gasteiger partial charge in [0, 0.05) is 33.6 Å². The summed E-state index contributed by atoms with van der Waals surface area (Å²) in [5.74, 6) is 0.690.